The summed E-state index contributed by atoms with van der Waals surface area (Å²) in [5, 5.41) is 7.94. The predicted octanol–water partition coefficient (Wildman–Crippen LogP) is 3.15. The van der Waals surface area contributed by atoms with Gasteiger partial charge in [0, 0.05) is 6.04 Å². The highest BCUT2D eigenvalue weighted by Gasteiger charge is 2.15. The summed E-state index contributed by atoms with van der Waals surface area (Å²) in [6, 6.07) is 4.06. The summed E-state index contributed by atoms with van der Waals surface area (Å²) in [4.78, 5) is 11.9. The fraction of sp³-hybridized carbons (Fsp3) is 0.538. The second kappa shape index (κ2) is 6.86. The highest BCUT2D eigenvalue weighted by Crippen LogP contribution is 2.23. The van der Waals surface area contributed by atoms with Gasteiger partial charge < -0.3 is 15.4 Å². The van der Waals surface area contributed by atoms with Crippen LogP contribution in [0.3, 0.4) is 0 Å². The third-order valence-electron chi connectivity index (χ3n) is 3.17. The fourth-order valence-electron chi connectivity index (χ4n) is 2.20. The molecule has 19 heavy (non-hydrogen) atoms. The van der Waals surface area contributed by atoms with E-state index in [2.05, 4.69) is 15.4 Å². The molecule has 0 radical (unpaired) electrons. The summed E-state index contributed by atoms with van der Waals surface area (Å²) in [6.45, 7) is 0. The number of methoxy groups -OCH3 is 1. The van der Waals surface area contributed by atoms with Gasteiger partial charge in [0.2, 0.25) is 0 Å². The Kier molecular flexibility index (Phi) is 5.15. The maximum Gasteiger partial charge on any atom is 0.348 e. The molecule has 0 spiro atoms. The van der Waals surface area contributed by atoms with E-state index < -0.39 is 0 Å². The molecule has 1 aromatic rings. The zero-order valence-corrected chi connectivity index (χ0v) is 12.5. The zero-order valence-electron chi connectivity index (χ0n) is 10.9. The summed E-state index contributed by atoms with van der Waals surface area (Å²) >= 11 is 6.63. The van der Waals surface area contributed by atoms with Crippen molar-refractivity contribution in [1.82, 2.24) is 5.32 Å². The van der Waals surface area contributed by atoms with E-state index in [0.717, 1.165) is 5.00 Å². The molecule has 0 saturated heterocycles. The molecule has 104 valence electrons. The molecule has 1 aliphatic carbocycles. The van der Waals surface area contributed by atoms with Gasteiger partial charge in [-0.3, -0.25) is 0 Å². The Morgan fingerprint density at radius 2 is 2.11 bits per heavy atom. The third kappa shape index (κ3) is 4.18. The largest absolute Gasteiger partial charge is 0.465 e. The second-order valence-corrected chi connectivity index (χ2v) is 6.08. The maximum atomic E-state index is 11.3. The highest BCUT2D eigenvalue weighted by molar-refractivity contribution is 7.80. The van der Waals surface area contributed by atoms with Crippen molar-refractivity contribution in [3.8, 4) is 0 Å². The van der Waals surface area contributed by atoms with E-state index in [1.807, 2.05) is 6.07 Å². The lowest BCUT2D eigenvalue weighted by molar-refractivity contribution is 0.0606. The van der Waals surface area contributed by atoms with Gasteiger partial charge in [-0.05, 0) is 37.2 Å². The summed E-state index contributed by atoms with van der Waals surface area (Å²) in [5.41, 5.74) is 0. The Bertz CT molecular complexity index is 453. The van der Waals surface area contributed by atoms with Crippen molar-refractivity contribution in [1.29, 1.82) is 0 Å². The molecule has 0 aromatic carbocycles. The number of anilines is 1. The number of nitrogens with one attached hydrogen (secondary N) is 2. The van der Waals surface area contributed by atoms with Crippen molar-refractivity contribution in [3.05, 3.63) is 17.0 Å². The highest BCUT2D eigenvalue weighted by atomic mass is 32.1. The fourth-order valence-corrected chi connectivity index (χ4v) is 3.37. The van der Waals surface area contributed by atoms with Crippen molar-refractivity contribution in [3.63, 3.8) is 0 Å². The molecule has 0 atom stereocenters. The van der Waals surface area contributed by atoms with Crippen LogP contribution < -0.4 is 10.6 Å². The quantitative estimate of drug-likeness (QED) is 0.663. The third-order valence-corrected chi connectivity index (χ3v) is 4.37. The average Bonchev–Trinajstić information content (AvgIpc) is 2.87. The SMILES string of the molecule is COC(=O)c1ccc(NC(=S)NC2CCCCC2)s1. The van der Waals surface area contributed by atoms with Crippen molar-refractivity contribution < 1.29 is 9.53 Å². The van der Waals surface area contributed by atoms with E-state index >= 15 is 0 Å². The molecular formula is C13H18N2O2S2. The van der Waals surface area contributed by atoms with Gasteiger partial charge >= 0.3 is 5.97 Å². The molecule has 1 saturated carbocycles. The first-order valence-electron chi connectivity index (χ1n) is 6.44. The number of thiocarbonyl (C=S) groups is 1. The Labute approximate surface area is 122 Å². The minimum Gasteiger partial charge on any atom is -0.465 e. The average molecular weight is 298 g/mol. The summed E-state index contributed by atoms with van der Waals surface area (Å²) in [5.74, 6) is -0.316. The van der Waals surface area contributed by atoms with Gasteiger partial charge in [0.1, 0.15) is 4.88 Å². The normalized spacial score (nSPS) is 15.8. The van der Waals surface area contributed by atoms with Crippen LogP contribution >= 0.6 is 23.6 Å². The molecule has 0 aliphatic heterocycles. The van der Waals surface area contributed by atoms with Crippen molar-refractivity contribution >= 4 is 39.6 Å². The Morgan fingerprint density at radius 1 is 1.37 bits per heavy atom. The van der Waals surface area contributed by atoms with E-state index in [4.69, 9.17) is 12.2 Å². The van der Waals surface area contributed by atoms with Crippen LogP contribution in [0.25, 0.3) is 0 Å². The molecule has 2 rings (SSSR count). The number of esters is 1. The molecule has 1 aromatic heterocycles. The van der Waals surface area contributed by atoms with Crippen LogP contribution in [0.15, 0.2) is 12.1 Å². The molecule has 1 aliphatic rings. The van der Waals surface area contributed by atoms with Crippen molar-refractivity contribution in [2.75, 3.05) is 12.4 Å². The first kappa shape index (κ1) is 14.3. The minimum atomic E-state index is -0.316. The number of hydrogen-bond acceptors (Lipinski definition) is 4. The predicted molar refractivity (Wildman–Crippen MR) is 81.9 cm³/mol. The van der Waals surface area contributed by atoms with Crippen LogP contribution in [0, 0.1) is 0 Å². The summed E-state index contributed by atoms with van der Waals surface area (Å²) in [6.07, 6.45) is 6.22. The molecule has 2 N–H and O–H groups in total. The van der Waals surface area contributed by atoms with Crippen LogP contribution in [0.1, 0.15) is 41.8 Å². The molecule has 0 bridgehead atoms. The number of hydrogen-bond donors (Lipinski definition) is 2. The lowest BCUT2D eigenvalue weighted by Gasteiger charge is -2.24. The van der Waals surface area contributed by atoms with Crippen LogP contribution in [-0.4, -0.2) is 24.2 Å². The van der Waals surface area contributed by atoms with Gasteiger partial charge in [-0.1, -0.05) is 19.3 Å². The van der Waals surface area contributed by atoms with E-state index in [-0.39, 0.29) is 5.97 Å². The van der Waals surface area contributed by atoms with Gasteiger partial charge in [-0.15, -0.1) is 11.3 Å². The Morgan fingerprint density at radius 3 is 2.79 bits per heavy atom. The molecule has 1 fully saturated rings. The maximum absolute atomic E-state index is 11.3. The first-order valence-corrected chi connectivity index (χ1v) is 7.67. The number of carbonyl (C=O) groups is 1. The monoisotopic (exact) mass is 298 g/mol. The van der Waals surface area contributed by atoms with E-state index in [1.165, 1.54) is 50.6 Å². The van der Waals surface area contributed by atoms with Gasteiger partial charge in [-0.25, -0.2) is 4.79 Å². The van der Waals surface area contributed by atoms with Crippen molar-refractivity contribution in [2.45, 2.75) is 38.1 Å². The standard InChI is InChI=1S/C13H18N2O2S2/c1-17-12(16)10-7-8-11(19-10)15-13(18)14-9-5-3-2-4-6-9/h7-9H,2-6H2,1H3,(H2,14,15,18). The van der Waals surface area contributed by atoms with Crippen LogP contribution in [0.5, 0.6) is 0 Å². The summed E-state index contributed by atoms with van der Waals surface area (Å²) < 4.78 is 4.67. The zero-order chi connectivity index (χ0) is 13.7. The number of ether oxygens (including phenoxy) is 1. The molecule has 4 nitrogen and oxygen atoms in total. The number of thiophene rings is 1. The Hall–Kier alpha value is -1.14. The number of rotatable bonds is 3. The van der Waals surface area contributed by atoms with E-state index in [1.54, 1.807) is 6.07 Å². The molecule has 6 heteroatoms. The van der Waals surface area contributed by atoms with Gasteiger partial charge in [0.15, 0.2) is 5.11 Å². The van der Waals surface area contributed by atoms with Crippen molar-refractivity contribution in [2.24, 2.45) is 0 Å². The summed E-state index contributed by atoms with van der Waals surface area (Å²) in [7, 11) is 1.38. The van der Waals surface area contributed by atoms with Crippen LogP contribution in [0.4, 0.5) is 5.00 Å². The van der Waals surface area contributed by atoms with Gasteiger partial charge in [0.05, 0.1) is 12.1 Å². The second-order valence-electron chi connectivity index (χ2n) is 4.59. The minimum absolute atomic E-state index is 0.316. The van der Waals surface area contributed by atoms with E-state index in [9.17, 15) is 4.79 Å². The smallest absolute Gasteiger partial charge is 0.348 e. The topological polar surface area (TPSA) is 50.4 Å². The lowest BCUT2D eigenvalue weighted by atomic mass is 9.96. The molecule has 1 heterocycles. The molecular weight excluding hydrogens is 280 g/mol. The van der Waals surface area contributed by atoms with Crippen LogP contribution in [0.2, 0.25) is 0 Å². The van der Waals surface area contributed by atoms with Crippen LogP contribution in [-0.2, 0) is 4.74 Å². The van der Waals surface area contributed by atoms with E-state index in [0.29, 0.717) is 16.0 Å². The lowest BCUT2D eigenvalue weighted by Crippen LogP contribution is -2.38. The van der Waals surface area contributed by atoms with Gasteiger partial charge in [0.25, 0.3) is 0 Å². The molecule has 0 amide bonds. The molecule has 0 unspecified atom stereocenters. The number of carbonyl (C=O) groups excluding carboxylic acids is 1. The van der Waals surface area contributed by atoms with Gasteiger partial charge in [-0.2, -0.15) is 0 Å². The Balaban J connectivity index is 1.84. The first-order chi connectivity index (χ1) is 9.19.